The van der Waals surface area contributed by atoms with Gasteiger partial charge in [-0.3, -0.25) is 4.79 Å². The minimum Gasteiger partial charge on any atom is -0.457 e. The number of anilines is 1. The molecular weight excluding hydrogens is 354 g/mol. The summed E-state index contributed by atoms with van der Waals surface area (Å²) in [5.74, 6) is 0.353. The number of esters is 1. The molecule has 0 aliphatic heterocycles. The van der Waals surface area contributed by atoms with Crippen LogP contribution in [0.1, 0.15) is 22.8 Å². The van der Waals surface area contributed by atoms with Crippen molar-refractivity contribution < 1.29 is 19.1 Å². The van der Waals surface area contributed by atoms with Crippen LogP contribution in [0.3, 0.4) is 0 Å². The molecule has 28 heavy (non-hydrogen) atoms. The fourth-order valence-electron chi connectivity index (χ4n) is 2.45. The average molecular weight is 375 g/mol. The highest BCUT2D eigenvalue weighted by atomic mass is 16.5. The van der Waals surface area contributed by atoms with Gasteiger partial charge in [-0.1, -0.05) is 35.9 Å². The largest absolute Gasteiger partial charge is 0.457 e. The Hall–Kier alpha value is -3.60. The van der Waals surface area contributed by atoms with Crippen LogP contribution < -0.4 is 10.1 Å². The molecule has 0 fully saturated rings. The Morgan fingerprint density at radius 2 is 1.43 bits per heavy atom. The molecule has 0 saturated heterocycles. The Morgan fingerprint density at radius 1 is 0.821 bits per heavy atom. The van der Waals surface area contributed by atoms with Gasteiger partial charge in [-0.05, 0) is 62.4 Å². The van der Waals surface area contributed by atoms with Crippen molar-refractivity contribution in [2.24, 2.45) is 0 Å². The third-order valence-corrected chi connectivity index (χ3v) is 4.04. The molecule has 0 aromatic heterocycles. The van der Waals surface area contributed by atoms with Gasteiger partial charge in [-0.2, -0.15) is 0 Å². The van der Waals surface area contributed by atoms with Gasteiger partial charge in [0.25, 0.3) is 5.91 Å². The van der Waals surface area contributed by atoms with Crippen LogP contribution in [-0.4, -0.2) is 18.0 Å². The van der Waals surface area contributed by atoms with Crippen molar-refractivity contribution in [3.8, 4) is 11.5 Å². The minimum atomic E-state index is -0.922. The van der Waals surface area contributed by atoms with Crippen molar-refractivity contribution >= 4 is 17.6 Å². The summed E-state index contributed by atoms with van der Waals surface area (Å²) in [5, 5.41) is 2.73. The van der Waals surface area contributed by atoms with Gasteiger partial charge >= 0.3 is 5.97 Å². The summed E-state index contributed by atoms with van der Waals surface area (Å²) in [5.41, 5.74) is 2.09. The minimum absolute atomic E-state index is 0.343. The number of carbonyl (C=O) groups excluding carboxylic acids is 2. The van der Waals surface area contributed by atoms with E-state index < -0.39 is 12.1 Å². The normalized spacial score (nSPS) is 11.4. The summed E-state index contributed by atoms with van der Waals surface area (Å²) in [6, 6.07) is 23.3. The van der Waals surface area contributed by atoms with Crippen molar-refractivity contribution in [3.05, 3.63) is 90.0 Å². The van der Waals surface area contributed by atoms with Crippen LogP contribution >= 0.6 is 0 Å². The number of hydrogen-bond acceptors (Lipinski definition) is 4. The first-order valence-corrected chi connectivity index (χ1v) is 8.93. The van der Waals surface area contributed by atoms with Crippen LogP contribution in [0.25, 0.3) is 0 Å². The van der Waals surface area contributed by atoms with Crippen LogP contribution in [0.15, 0.2) is 78.9 Å². The van der Waals surface area contributed by atoms with E-state index in [2.05, 4.69) is 5.32 Å². The van der Waals surface area contributed by atoms with E-state index in [1.165, 1.54) is 6.92 Å². The molecule has 142 valence electrons. The molecule has 1 atom stereocenters. The number of para-hydroxylation sites is 1. The van der Waals surface area contributed by atoms with Crippen LogP contribution in [0.2, 0.25) is 0 Å². The molecule has 0 radical (unpaired) electrons. The fourth-order valence-corrected chi connectivity index (χ4v) is 2.45. The van der Waals surface area contributed by atoms with Gasteiger partial charge in [0.15, 0.2) is 6.10 Å². The van der Waals surface area contributed by atoms with E-state index >= 15 is 0 Å². The van der Waals surface area contributed by atoms with Crippen molar-refractivity contribution in [2.75, 3.05) is 5.32 Å². The number of carbonyl (C=O) groups is 2. The summed E-state index contributed by atoms with van der Waals surface area (Å²) in [4.78, 5) is 24.5. The van der Waals surface area contributed by atoms with E-state index in [4.69, 9.17) is 9.47 Å². The Kier molecular flexibility index (Phi) is 6.07. The van der Waals surface area contributed by atoms with E-state index in [9.17, 15) is 9.59 Å². The number of hydrogen-bond donors (Lipinski definition) is 1. The molecular formula is C23H21NO4. The van der Waals surface area contributed by atoms with Gasteiger partial charge in [0.1, 0.15) is 11.5 Å². The molecule has 5 heteroatoms. The Labute approximate surface area is 163 Å². The molecule has 3 aromatic rings. The maximum atomic E-state index is 12.3. The van der Waals surface area contributed by atoms with Crippen LogP contribution in [-0.2, 0) is 9.53 Å². The van der Waals surface area contributed by atoms with Crippen molar-refractivity contribution in [3.63, 3.8) is 0 Å². The summed E-state index contributed by atoms with van der Waals surface area (Å²) in [6.07, 6.45) is -0.922. The molecule has 0 aliphatic rings. The molecule has 0 unspecified atom stereocenters. The predicted molar refractivity (Wildman–Crippen MR) is 108 cm³/mol. The quantitative estimate of drug-likeness (QED) is 0.618. The molecule has 3 rings (SSSR count). The number of nitrogens with one attached hydrogen (secondary N) is 1. The van der Waals surface area contributed by atoms with Crippen molar-refractivity contribution in [1.29, 1.82) is 0 Å². The van der Waals surface area contributed by atoms with E-state index in [0.29, 0.717) is 22.7 Å². The lowest BCUT2D eigenvalue weighted by atomic mass is 10.2. The lowest BCUT2D eigenvalue weighted by Gasteiger charge is -2.14. The topological polar surface area (TPSA) is 64.6 Å². The number of amides is 1. The summed E-state index contributed by atoms with van der Waals surface area (Å²) >= 11 is 0. The van der Waals surface area contributed by atoms with Gasteiger partial charge in [0, 0.05) is 5.69 Å². The highest BCUT2D eigenvalue weighted by Crippen LogP contribution is 2.21. The zero-order valence-electron chi connectivity index (χ0n) is 15.7. The number of rotatable bonds is 6. The molecule has 5 nitrogen and oxygen atoms in total. The molecule has 0 aliphatic carbocycles. The lowest BCUT2D eigenvalue weighted by molar-refractivity contribution is -0.123. The fraction of sp³-hybridized carbons (Fsp3) is 0.130. The van der Waals surface area contributed by atoms with Gasteiger partial charge in [0.2, 0.25) is 0 Å². The molecule has 0 heterocycles. The van der Waals surface area contributed by atoms with E-state index in [0.717, 1.165) is 5.56 Å². The van der Waals surface area contributed by atoms with Crippen molar-refractivity contribution in [2.45, 2.75) is 20.0 Å². The molecule has 1 amide bonds. The molecule has 0 saturated carbocycles. The summed E-state index contributed by atoms with van der Waals surface area (Å²) in [7, 11) is 0. The van der Waals surface area contributed by atoms with E-state index in [1.807, 2.05) is 49.4 Å². The highest BCUT2D eigenvalue weighted by molar-refractivity contribution is 5.97. The van der Waals surface area contributed by atoms with Gasteiger partial charge in [-0.25, -0.2) is 4.79 Å². The van der Waals surface area contributed by atoms with Crippen LogP contribution in [0.4, 0.5) is 5.69 Å². The van der Waals surface area contributed by atoms with E-state index in [-0.39, 0.29) is 5.91 Å². The number of ether oxygens (including phenoxy) is 2. The third kappa shape index (κ3) is 5.20. The van der Waals surface area contributed by atoms with Gasteiger partial charge in [-0.15, -0.1) is 0 Å². The smallest absolute Gasteiger partial charge is 0.338 e. The van der Waals surface area contributed by atoms with Crippen LogP contribution in [0, 0.1) is 6.92 Å². The highest BCUT2D eigenvalue weighted by Gasteiger charge is 2.19. The third-order valence-electron chi connectivity index (χ3n) is 4.04. The number of aryl methyl sites for hydroxylation is 1. The maximum absolute atomic E-state index is 12.3. The zero-order chi connectivity index (χ0) is 19.9. The predicted octanol–water partition coefficient (Wildman–Crippen LogP) is 4.97. The Balaban J connectivity index is 1.56. The maximum Gasteiger partial charge on any atom is 0.338 e. The van der Waals surface area contributed by atoms with Crippen molar-refractivity contribution in [1.82, 2.24) is 0 Å². The SMILES string of the molecule is Cc1ccc(NC(=O)[C@@H](C)OC(=O)c2ccc(Oc3ccccc3)cc2)cc1. The van der Waals surface area contributed by atoms with E-state index in [1.54, 1.807) is 36.4 Å². The summed E-state index contributed by atoms with van der Waals surface area (Å²) in [6.45, 7) is 3.50. The molecule has 3 aromatic carbocycles. The molecule has 0 spiro atoms. The second-order valence-electron chi connectivity index (χ2n) is 6.34. The standard InChI is InChI=1S/C23H21NO4/c1-16-8-12-19(13-9-16)24-22(25)17(2)27-23(26)18-10-14-21(15-11-18)28-20-6-4-3-5-7-20/h3-15,17H,1-2H3,(H,24,25)/t17-/m1/s1. The number of benzene rings is 3. The molecule has 0 bridgehead atoms. The van der Waals surface area contributed by atoms with Gasteiger partial charge < -0.3 is 14.8 Å². The first-order valence-electron chi connectivity index (χ1n) is 8.93. The second-order valence-corrected chi connectivity index (χ2v) is 6.34. The zero-order valence-corrected chi connectivity index (χ0v) is 15.7. The first kappa shape index (κ1) is 19.2. The summed E-state index contributed by atoms with van der Waals surface area (Å²) < 4.78 is 11.0. The second kappa shape index (κ2) is 8.86. The first-order chi connectivity index (χ1) is 13.5. The van der Waals surface area contributed by atoms with Crippen LogP contribution in [0.5, 0.6) is 11.5 Å². The lowest BCUT2D eigenvalue weighted by Crippen LogP contribution is -2.30. The Morgan fingerprint density at radius 3 is 2.07 bits per heavy atom. The Bertz CT molecular complexity index is 935. The van der Waals surface area contributed by atoms with Gasteiger partial charge in [0.05, 0.1) is 5.56 Å². The molecule has 1 N–H and O–H groups in total. The monoisotopic (exact) mass is 375 g/mol. The average Bonchev–Trinajstić information content (AvgIpc) is 2.71.